The molecule has 1 aromatic carbocycles. The van der Waals surface area contributed by atoms with Gasteiger partial charge in [0.05, 0.1) is 11.9 Å². The van der Waals surface area contributed by atoms with Crippen LogP contribution < -0.4 is 4.74 Å². The standard InChI is InChI=1S/C12H16FNO2S/c1-12(2,3)17(15)14-8-9-5-6-10(16-4)7-11(9)13/h5-8H,1-4H3/b14-8+/t17-/m0/s1. The highest BCUT2D eigenvalue weighted by atomic mass is 32.2. The minimum Gasteiger partial charge on any atom is -0.497 e. The van der Waals surface area contributed by atoms with Gasteiger partial charge in [-0.05, 0) is 32.9 Å². The van der Waals surface area contributed by atoms with Crippen molar-refractivity contribution in [1.82, 2.24) is 0 Å². The van der Waals surface area contributed by atoms with Crippen molar-refractivity contribution in [3.05, 3.63) is 29.6 Å². The molecule has 17 heavy (non-hydrogen) atoms. The Bertz CT molecular complexity index is 452. The molecule has 0 aromatic heterocycles. The van der Waals surface area contributed by atoms with Gasteiger partial charge >= 0.3 is 0 Å². The van der Waals surface area contributed by atoms with Gasteiger partial charge in [0.25, 0.3) is 0 Å². The number of hydrogen-bond donors (Lipinski definition) is 0. The Hall–Kier alpha value is -1.23. The van der Waals surface area contributed by atoms with E-state index in [4.69, 9.17) is 4.74 Å². The van der Waals surface area contributed by atoms with E-state index in [-0.39, 0.29) is 0 Å². The quantitative estimate of drug-likeness (QED) is 0.781. The van der Waals surface area contributed by atoms with Crippen LogP contribution in [0.5, 0.6) is 5.75 Å². The first-order valence-corrected chi connectivity index (χ1v) is 6.25. The molecule has 1 rings (SSSR count). The molecule has 94 valence electrons. The molecule has 3 nitrogen and oxygen atoms in total. The number of hydrogen-bond acceptors (Lipinski definition) is 2. The molecule has 5 heteroatoms. The Morgan fingerprint density at radius 2 is 2.06 bits per heavy atom. The van der Waals surface area contributed by atoms with Crippen LogP contribution in [0.25, 0.3) is 0 Å². The average Bonchev–Trinajstić information content (AvgIpc) is 2.25. The maximum atomic E-state index is 13.5. The molecule has 0 aliphatic carbocycles. The number of nitrogens with zero attached hydrogens (tertiary/aromatic N) is 1. The van der Waals surface area contributed by atoms with Crippen molar-refractivity contribution in [2.75, 3.05) is 7.11 Å². The van der Waals surface area contributed by atoms with Crippen LogP contribution in [0, 0.1) is 5.82 Å². The number of rotatable bonds is 3. The van der Waals surface area contributed by atoms with Gasteiger partial charge in [0.15, 0.2) is 0 Å². The van der Waals surface area contributed by atoms with Crippen LogP contribution in [0.3, 0.4) is 0 Å². The molecule has 0 unspecified atom stereocenters. The van der Waals surface area contributed by atoms with Crippen LogP contribution in [-0.4, -0.2) is 22.3 Å². The zero-order chi connectivity index (χ0) is 13.1. The van der Waals surface area contributed by atoms with Gasteiger partial charge in [-0.3, -0.25) is 0 Å². The molecule has 0 amide bonds. The maximum absolute atomic E-state index is 13.5. The maximum Gasteiger partial charge on any atom is 0.144 e. The molecule has 0 bridgehead atoms. The second-order valence-electron chi connectivity index (χ2n) is 4.48. The SMILES string of the molecule is COc1ccc(/C=N/[S@@](=O)C(C)(C)C)c(F)c1. The summed E-state index contributed by atoms with van der Waals surface area (Å²) in [4.78, 5) is 0. The van der Waals surface area contributed by atoms with E-state index in [1.165, 1.54) is 25.5 Å². The van der Waals surface area contributed by atoms with Crippen LogP contribution in [-0.2, 0) is 11.0 Å². The molecule has 0 heterocycles. The van der Waals surface area contributed by atoms with E-state index in [1.54, 1.807) is 6.07 Å². The lowest BCUT2D eigenvalue weighted by Gasteiger charge is -2.12. The van der Waals surface area contributed by atoms with Crippen LogP contribution in [0.1, 0.15) is 26.3 Å². The molecule has 0 aliphatic rings. The molecule has 1 aromatic rings. The highest BCUT2D eigenvalue weighted by molar-refractivity contribution is 7.85. The summed E-state index contributed by atoms with van der Waals surface area (Å²) in [6.45, 7) is 5.43. The number of halogens is 1. The van der Waals surface area contributed by atoms with E-state index >= 15 is 0 Å². The molecule has 0 saturated heterocycles. The highest BCUT2D eigenvalue weighted by Crippen LogP contribution is 2.16. The third kappa shape index (κ3) is 3.93. The predicted molar refractivity (Wildman–Crippen MR) is 68.4 cm³/mol. The number of benzene rings is 1. The molecule has 0 aliphatic heterocycles. The van der Waals surface area contributed by atoms with Crippen LogP contribution in [0.2, 0.25) is 0 Å². The fraction of sp³-hybridized carbons (Fsp3) is 0.417. The molecule has 0 N–H and O–H groups in total. The second kappa shape index (κ2) is 5.40. The van der Waals surface area contributed by atoms with Crippen molar-refractivity contribution in [1.29, 1.82) is 0 Å². The Balaban J connectivity index is 2.89. The van der Waals surface area contributed by atoms with Crippen molar-refractivity contribution in [2.24, 2.45) is 4.40 Å². The Morgan fingerprint density at radius 1 is 1.41 bits per heavy atom. The van der Waals surface area contributed by atoms with Gasteiger partial charge in [-0.25, -0.2) is 8.60 Å². The molecule has 1 atom stereocenters. The summed E-state index contributed by atoms with van der Waals surface area (Å²) in [5.74, 6) is -0.00407. The molecular formula is C12H16FNO2S. The van der Waals surface area contributed by atoms with Gasteiger partial charge in [-0.1, -0.05) is 0 Å². The molecular weight excluding hydrogens is 241 g/mol. The predicted octanol–water partition coefficient (Wildman–Crippen LogP) is 2.72. The van der Waals surface area contributed by atoms with Crippen LogP contribution in [0.15, 0.2) is 22.6 Å². The van der Waals surface area contributed by atoms with Crippen molar-refractivity contribution in [3.63, 3.8) is 0 Å². The lowest BCUT2D eigenvalue weighted by Crippen LogP contribution is -2.19. The normalized spacial score (nSPS) is 13.9. The first-order chi connectivity index (χ1) is 7.84. The van der Waals surface area contributed by atoms with E-state index in [9.17, 15) is 8.60 Å². The fourth-order valence-corrected chi connectivity index (χ4v) is 1.53. The minimum absolute atomic E-state index is 0.295. The third-order valence-electron chi connectivity index (χ3n) is 2.02. The van der Waals surface area contributed by atoms with Gasteiger partial charge < -0.3 is 4.74 Å². The van der Waals surface area contributed by atoms with Crippen LogP contribution >= 0.6 is 0 Å². The highest BCUT2D eigenvalue weighted by Gasteiger charge is 2.18. The van der Waals surface area contributed by atoms with Crippen molar-refractivity contribution >= 4 is 17.2 Å². The van der Waals surface area contributed by atoms with E-state index in [0.29, 0.717) is 11.3 Å². The van der Waals surface area contributed by atoms with Crippen LogP contribution in [0.4, 0.5) is 4.39 Å². The zero-order valence-corrected chi connectivity index (χ0v) is 11.2. The Labute approximate surface area is 103 Å². The molecule has 0 fully saturated rings. The van der Waals surface area contributed by atoms with Crippen molar-refractivity contribution in [3.8, 4) is 5.75 Å². The van der Waals surface area contributed by atoms with Gasteiger partial charge in [-0.15, -0.1) is 0 Å². The van der Waals surface area contributed by atoms with Gasteiger partial charge in [-0.2, -0.15) is 4.40 Å². The summed E-state index contributed by atoms with van der Waals surface area (Å²) in [7, 11) is 0.0877. The Morgan fingerprint density at radius 3 is 2.53 bits per heavy atom. The second-order valence-corrected chi connectivity index (χ2v) is 6.42. The molecule has 0 spiro atoms. The number of ether oxygens (including phenoxy) is 1. The van der Waals surface area contributed by atoms with E-state index in [0.717, 1.165) is 0 Å². The topological polar surface area (TPSA) is 38.7 Å². The Kier molecular flexibility index (Phi) is 4.40. The summed E-state index contributed by atoms with van der Waals surface area (Å²) >= 11 is 0. The smallest absolute Gasteiger partial charge is 0.144 e. The van der Waals surface area contributed by atoms with Gasteiger partial charge in [0, 0.05) is 17.8 Å². The number of methoxy groups -OCH3 is 1. The van der Waals surface area contributed by atoms with Crippen molar-refractivity contribution in [2.45, 2.75) is 25.5 Å². The van der Waals surface area contributed by atoms with Gasteiger partial charge in [0.2, 0.25) is 0 Å². The molecule has 0 radical (unpaired) electrons. The van der Waals surface area contributed by atoms with Gasteiger partial charge in [0.1, 0.15) is 22.6 Å². The monoisotopic (exact) mass is 257 g/mol. The molecule has 0 saturated carbocycles. The summed E-state index contributed by atoms with van der Waals surface area (Å²) in [5, 5.41) is 0. The summed E-state index contributed by atoms with van der Waals surface area (Å²) in [6, 6.07) is 4.43. The van der Waals surface area contributed by atoms with E-state index in [1.807, 2.05) is 20.8 Å². The lowest BCUT2D eigenvalue weighted by molar-refractivity contribution is 0.411. The van der Waals surface area contributed by atoms with E-state index in [2.05, 4.69) is 4.40 Å². The summed E-state index contributed by atoms with van der Waals surface area (Å²) < 4.78 is 33.4. The zero-order valence-electron chi connectivity index (χ0n) is 10.4. The summed E-state index contributed by atoms with van der Waals surface area (Å²) in [6.07, 6.45) is 1.29. The van der Waals surface area contributed by atoms with E-state index < -0.39 is 21.5 Å². The summed E-state index contributed by atoms with van der Waals surface area (Å²) in [5.41, 5.74) is 0.295. The first kappa shape index (κ1) is 13.8. The minimum atomic E-state index is -1.38. The van der Waals surface area contributed by atoms with Crippen molar-refractivity contribution < 1.29 is 13.3 Å². The lowest BCUT2D eigenvalue weighted by atomic mass is 10.2. The largest absolute Gasteiger partial charge is 0.497 e. The first-order valence-electron chi connectivity index (χ1n) is 5.14. The fourth-order valence-electron chi connectivity index (χ4n) is 1.00. The average molecular weight is 257 g/mol. The third-order valence-corrected chi connectivity index (χ3v) is 3.36.